The van der Waals surface area contributed by atoms with Crippen LogP contribution >= 0.6 is 0 Å². The molecule has 0 bridgehead atoms. The van der Waals surface area contributed by atoms with Gasteiger partial charge in [-0.25, -0.2) is 4.98 Å². The highest BCUT2D eigenvalue weighted by molar-refractivity contribution is 5.93. The maximum atomic E-state index is 4.29. The van der Waals surface area contributed by atoms with E-state index < -0.39 is 0 Å². The molecular formula is C14H12N2. The first-order valence-corrected chi connectivity index (χ1v) is 5.34. The number of nitrogens with zero attached hydrogens (tertiary/aromatic N) is 1. The fraction of sp³-hybridized carbons (Fsp3) is 0.0714. The van der Waals surface area contributed by atoms with Crippen molar-refractivity contribution in [3.63, 3.8) is 0 Å². The summed E-state index contributed by atoms with van der Waals surface area (Å²) in [5, 5.41) is 1.17. The number of rotatable bonds is 1. The first kappa shape index (κ1) is 9.16. The Hall–Kier alpha value is -2.09. The van der Waals surface area contributed by atoms with Crippen molar-refractivity contribution in [1.82, 2.24) is 9.97 Å². The van der Waals surface area contributed by atoms with Crippen LogP contribution < -0.4 is 0 Å². The molecule has 0 amide bonds. The quantitative estimate of drug-likeness (QED) is 0.651. The number of benzene rings is 1. The Bertz CT molecular complexity index is 621. The molecule has 0 saturated carbocycles. The molecule has 2 heteroatoms. The third kappa shape index (κ3) is 1.39. The molecular weight excluding hydrogens is 196 g/mol. The Kier molecular flexibility index (Phi) is 2.00. The summed E-state index contributed by atoms with van der Waals surface area (Å²) in [5.41, 5.74) is 4.66. The lowest BCUT2D eigenvalue weighted by Crippen LogP contribution is -1.77. The highest BCUT2D eigenvalue weighted by atomic mass is 14.8. The summed E-state index contributed by atoms with van der Waals surface area (Å²) in [5.74, 6) is 0. The van der Waals surface area contributed by atoms with Crippen LogP contribution in [0.1, 0.15) is 5.56 Å². The summed E-state index contributed by atoms with van der Waals surface area (Å²) in [6.07, 6.45) is 3.82. The van der Waals surface area contributed by atoms with Gasteiger partial charge in [-0.2, -0.15) is 0 Å². The van der Waals surface area contributed by atoms with Crippen LogP contribution in [0.2, 0.25) is 0 Å². The van der Waals surface area contributed by atoms with E-state index in [-0.39, 0.29) is 0 Å². The van der Waals surface area contributed by atoms with E-state index in [9.17, 15) is 0 Å². The van der Waals surface area contributed by atoms with Gasteiger partial charge in [0.25, 0.3) is 0 Å². The van der Waals surface area contributed by atoms with Crippen LogP contribution in [0.4, 0.5) is 0 Å². The van der Waals surface area contributed by atoms with E-state index in [1.165, 1.54) is 22.1 Å². The minimum Gasteiger partial charge on any atom is -0.346 e. The third-order valence-corrected chi connectivity index (χ3v) is 2.81. The molecule has 2 aromatic heterocycles. The topological polar surface area (TPSA) is 28.7 Å². The molecule has 3 aromatic rings. The van der Waals surface area contributed by atoms with Gasteiger partial charge in [0.05, 0.1) is 0 Å². The van der Waals surface area contributed by atoms with Crippen LogP contribution in [0.25, 0.3) is 22.2 Å². The van der Waals surface area contributed by atoms with Crippen molar-refractivity contribution < 1.29 is 0 Å². The van der Waals surface area contributed by atoms with Crippen LogP contribution in [0.15, 0.2) is 48.8 Å². The molecule has 2 nitrogen and oxygen atoms in total. The Morgan fingerprint density at radius 2 is 1.88 bits per heavy atom. The van der Waals surface area contributed by atoms with Crippen molar-refractivity contribution in [2.24, 2.45) is 0 Å². The third-order valence-electron chi connectivity index (χ3n) is 2.81. The average molecular weight is 208 g/mol. The van der Waals surface area contributed by atoms with Gasteiger partial charge in [-0.1, -0.05) is 29.8 Å². The molecule has 1 N–H and O–H groups in total. The minimum atomic E-state index is 0.943. The molecule has 3 rings (SSSR count). The lowest BCUT2D eigenvalue weighted by Gasteiger charge is -1.99. The molecule has 0 saturated heterocycles. The summed E-state index contributed by atoms with van der Waals surface area (Å²) in [7, 11) is 0. The van der Waals surface area contributed by atoms with E-state index in [0.29, 0.717) is 0 Å². The molecule has 0 radical (unpaired) electrons. The zero-order chi connectivity index (χ0) is 11.0. The molecule has 0 aliphatic rings. The summed E-state index contributed by atoms with van der Waals surface area (Å²) < 4.78 is 0. The molecule has 0 atom stereocenters. The van der Waals surface area contributed by atoms with E-state index in [2.05, 4.69) is 47.2 Å². The number of hydrogen-bond donors (Lipinski definition) is 1. The van der Waals surface area contributed by atoms with Crippen molar-refractivity contribution in [2.45, 2.75) is 6.92 Å². The Labute approximate surface area is 94.0 Å². The molecule has 2 heterocycles. The summed E-state index contributed by atoms with van der Waals surface area (Å²) in [6, 6.07) is 12.6. The Morgan fingerprint density at radius 3 is 2.69 bits per heavy atom. The van der Waals surface area contributed by atoms with Gasteiger partial charge in [-0.15, -0.1) is 0 Å². The SMILES string of the molecule is Cc1ccc(-c2c[nH]c3ncccc23)cc1. The van der Waals surface area contributed by atoms with Crippen molar-refractivity contribution in [3.8, 4) is 11.1 Å². The number of fused-ring (bicyclic) bond motifs is 1. The maximum Gasteiger partial charge on any atom is 0.137 e. The first-order chi connectivity index (χ1) is 7.84. The second-order valence-electron chi connectivity index (χ2n) is 3.97. The number of aryl methyl sites for hydroxylation is 1. The normalized spacial score (nSPS) is 10.8. The molecule has 1 aromatic carbocycles. The molecule has 0 aliphatic heterocycles. The summed E-state index contributed by atoms with van der Waals surface area (Å²) in [4.78, 5) is 7.48. The molecule has 0 spiro atoms. The Morgan fingerprint density at radius 1 is 1.06 bits per heavy atom. The second kappa shape index (κ2) is 3.49. The Balaban J connectivity index is 2.22. The lowest BCUT2D eigenvalue weighted by molar-refractivity contribution is 1.33. The second-order valence-corrected chi connectivity index (χ2v) is 3.97. The zero-order valence-corrected chi connectivity index (χ0v) is 9.07. The molecule has 0 aliphatic carbocycles. The van der Waals surface area contributed by atoms with Gasteiger partial charge in [0.2, 0.25) is 0 Å². The monoisotopic (exact) mass is 208 g/mol. The highest BCUT2D eigenvalue weighted by Gasteiger charge is 2.05. The number of pyridine rings is 1. The predicted molar refractivity (Wildman–Crippen MR) is 66.3 cm³/mol. The van der Waals surface area contributed by atoms with Gasteiger partial charge < -0.3 is 4.98 Å². The van der Waals surface area contributed by atoms with Crippen molar-refractivity contribution in [2.75, 3.05) is 0 Å². The van der Waals surface area contributed by atoms with Crippen LogP contribution in [-0.2, 0) is 0 Å². The fourth-order valence-corrected chi connectivity index (χ4v) is 1.93. The van der Waals surface area contributed by atoms with E-state index in [1.807, 2.05) is 12.3 Å². The fourth-order valence-electron chi connectivity index (χ4n) is 1.93. The van der Waals surface area contributed by atoms with Gasteiger partial charge >= 0.3 is 0 Å². The molecule has 0 unspecified atom stereocenters. The van der Waals surface area contributed by atoms with Crippen LogP contribution in [0.3, 0.4) is 0 Å². The lowest BCUT2D eigenvalue weighted by atomic mass is 10.0. The minimum absolute atomic E-state index is 0.943. The van der Waals surface area contributed by atoms with Gasteiger partial charge in [-0.05, 0) is 24.6 Å². The number of H-pyrrole nitrogens is 1. The van der Waals surface area contributed by atoms with E-state index >= 15 is 0 Å². The van der Waals surface area contributed by atoms with Crippen LogP contribution in [-0.4, -0.2) is 9.97 Å². The number of aromatic nitrogens is 2. The largest absolute Gasteiger partial charge is 0.346 e. The summed E-state index contributed by atoms with van der Waals surface area (Å²) in [6.45, 7) is 2.10. The highest BCUT2D eigenvalue weighted by Crippen LogP contribution is 2.27. The van der Waals surface area contributed by atoms with Crippen molar-refractivity contribution in [1.29, 1.82) is 0 Å². The van der Waals surface area contributed by atoms with Crippen molar-refractivity contribution in [3.05, 3.63) is 54.4 Å². The number of aromatic amines is 1. The summed E-state index contributed by atoms with van der Waals surface area (Å²) >= 11 is 0. The smallest absolute Gasteiger partial charge is 0.137 e. The maximum absolute atomic E-state index is 4.29. The van der Waals surface area contributed by atoms with Gasteiger partial charge in [0, 0.05) is 23.3 Å². The zero-order valence-electron chi connectivity index (χ0n) is 9.07. The van der Waals surface area contributed by atoms with Gasteiger partial charge in [-0.3, -0.25) is 0 Å². The molecule has 0 fully saturated rings. The molecule has 16 heavy (non-hydrogen) atoms. The predicted octanol–water partition coefficient (Wildman–Crippen LogP) is 3.54. The molecule has 78 valence electrons. The number of hydrogen-bond acceptors (Lipinski definition) is 1. The van der Waals surface area contributed by atoms with Crippen LogP contribution in [0.5, 0.6) is 0 Å². The van der Waals surface area contributed by atoms with Crippen LogP contribution in [0, 0.1) is 6.92 Å². The van der Waals surface area contributed by atoms with Crippen molar-refractivity contribution >= 4 is 11.0 Å². The van der Waals surface area contributed by atoms with Gasteiger partial charge in [0.1, 0.15) is 5.65 Å². The van der Waals surface area contributed by atoms with E-state index in [4.69, 9.17) is 0 Å². The first-order valence-electron chi connectivity index (χ1n) is 5.34. The standard InChI is InChI=1S/C14H12N2/c1-10-4-6-11(7-5-10)13-9-16-14-12(13)3-2-8-15-14/h2-9H,1H3,(H,15,16). The number of nitrogens with one attached hydrogen (secondary N) is 1. The van der Waals surface area contributed by atoms with E-state index in [1.54, 1.807) is 6.20 Å². The average Bonchev–Trinajstić information content (AvgIpc) is 2.74. The van der Waals surface area contributed by atoms with E-state index in [0.717, 1.165) is 5.65 Å². The van der Waals surface area contributed by atoms with Gasteiger partial charge in [0.15, 0.2) is 0 Å².